The molecule has 142 valence electrons. The van der Waals surface area contributed by atoms with E-state index in [0.29, 0.717) is 5.15 Å². The van der Waals surface area contributed by atoms with E-state index in [0.717, 1.165) is 49.9 Å². The Labute approximate surface area is 160 Å². The van der Waals surface area contributed by atoms with E-state index >= 15 is 0 Å². The van der Waals surface area contributed by atoms with Crippen LogP contribution in [-0.4, -0.2) is 49.1 Å². The van der Waals surface area contributed by atoms with Crippen molar-refractivity contribution in [3.63, 3.8) is 0 Å². The second kappa shape index (κ2) is 10.8. The van der Waals surface area contributed by atoms with Crippen LogP contribution in [0.2, 0.25) is 5.15 Å². The van der Waals surface area contributed by atoms with Crippen molar-refractivity contribution in [2.45, 2.75) is 26.3 Å². The Morgan fingerprint density at radius 1 is 1.27 bits per heavy atom. The fourth-order valence-corrected chi connectivity index (χ4v) is 2.96. The van der Waals surface area contributed by atoms with Crippen LogP contribution in [0.1, 0.15) is 31.2 Å². The van der Waals surface area contributed by atoms with E-state index < -0.39 is 0 Å². The van der Waals surface area contributed by atoms with E-state index in [1.165, 1.54) is 0 Å². The number of hydrogen-bond donors (Lipinski definition) is 2. The van der Waals surface area contributed by atoms with Crippen molar-refractivity contribution in [2.75, 3.05) is 33.2 Å². The largest absolute Gasteiger partial charge is 0.468 e. The van der Waals surface area contributed by atoms with Gasteiger partial charge in [-0.15, -0.1) is 0 Å². The number of halogens is 1. The minimum atomic E-state index is 0.166. The van der Waals surface area contributed by atoms with Crippen molar-refractivity contribution < 1.29 is 4.42 Å². The smallest absolute Gasteiger partial charge is 0.191 e. The molecule has 0 saturated carbocycles. The van der Waals surface area contributed by atoms with Crippen molar-refractivity contribution in [1.29, 1.82) is 0 Å². The van der Waals surface area contributed by atoms with Crippen molar-refractivity contribution >= 4 is 17.6 Å². The summed E-state index contributed by atoms with van der Waals surface area (Å²) in [7, 11) is 1.78. The van der Waals surface area contributed by atoms with Gasteiger partial charge in [-0.3, -0.25) is 9.89 Å². The van der Waals surface area contributed by atoms with Crippen LogP contribution in [0.3, 0.4) is 0 Å². The maximum absolute atomic E-state index is 5.81. The highest BCUT2D eigenvalue weighted by molar-refractivity contribution is 6.29. The van der Waals surface area contributed by atoms with Crippen LogP contribution in [0, 0.1) is 0 Å². The first-order valence-electron chi connectivity index (χ1n) is 9.00. The molecule has 7 heteroatoms. The molecule has 1 atom stereocenters. The van der Waals surface area contributed by atoms with Gasteiger partial charge in [0.25, 0.3) is 0 Å². The second-order valence-corrected chi connectivity index (χ2v) is 6.26. The quantitative estimate of drug-likeness (QED) is 0.399. The van der Waals surface area contributed by atoms with Gasteiger partial charge in [-0.2, -0.15) is 0 Å². The maximum atomic E-state index is 5.81. The maximum Gasteiger partial charge on any atom is 0.191 e. The number of aliphatic imine (C=N–C) groups is 1. The van der Waals surface area contributed by atoms with Crippen LogP contribution in [0.15, 0.2) is 46.1 Å². The summed E-state index contributed by atoms with van der Waals surface area (Å²) in [6.07, 6.45) is 4.37. The molecule has 1 unspecified atom stereocenters. The van der Waals surface area contributed by atoms with Gasteiger partial charge in [0, 0.05) is 26.3 Å². The summed E-state index contributed by atoms with van der Waals surface area (Å²) in [6.45, 7) is 7.72. The molecule has 0 bridgehead atoms. The Morgan fingerprint density at radius 3 is 2.65 bits per heavy atom. The molecule has 0 radical (unpaired) electrons. The number of likely N-dealkylation sites (N-methyl/N-ethyl adjacent to an activating group) is 1. The lowest BCUT2D eigenvalue weighted by Crippen LogP contribution is -2.43. The number of aromatic nitrogens is 1. The van der Waals surface area contributed by atoms with Crippen LogP contribution in [0.5, 0.6) is 0 Å². The average Bonchev–Trinajstić information content (AvgIpc) is 3.19. The Morgan fingerprint density at radius 2 is 2.08 bits per heavy atom. The lowest BCUT2D eigenvalue weighted by atomic mass is 10.2. The van der Waals surface area contributed by atoms with Crippen molar-refractivity contribution in [1.82, 2.24) is 20.5 Å². The predicted molar refractivity (Wildman–Crippen MR) is 107 cm³/mol. The molecule has 2 aromatic heterocycles. The van der Waals surface area contributed by atoms with Gasteiger partial charge in [-0.1, -0.05) is 31.5 Å². The third kappa shape index (κ3) is 6.04. The zero-order chi connectivity index (χ0) is 18.8. The van der Waals surface area contributed by atoms with E-state index in [1.807, 2.05) is 24.3 Å². The summed E-state index contributed by atoms with van der Waals surface area (Å²) in [5, 5.41) is 7.25. The summed E-state index contributed by atoms with van der Waals surface area (Å²) in [6, 6.07) is 7.91. The number of guanidine groups is 1. The first-order chi connectivity index (χ1) is 12.7. The molecule has 6 nitrogen and oxygen atoms in total. The lowest BCUT2D eigenvalue weighted by molar-refractivity contribution is 0.193. The number of hydrogen-bond acceptors (Lipinski definition) is 4. The predicted octanol–water partition coefficient (Wildman–Crippen LogP) is 3.12. The first-order valence-corrected chi connectivity index (χ1v) is 9.38. The fourth-order valence-electron chi connectivity index (χ4n) is 2.85. The fraction of sp³-hybridized carbons (Fsp3) is 0.474. The molecule has 0 aliphatic rings. The molecule has 2 N–H and O–H groups in total. The first kappa shape index (κ1) is 20.3. The molecule has 0 fully saturated rings. The molecular weight excluding hydrogens is 350 g/mol. The van der Waals surface area contributed by atoms with Crippen LogP contribution >= 0.6 is 11.6 Å². The average molecular weight is 378 g/mol. The Balaban J connectivity index is 1.86. The van der Waals surface area contributed by atoms with Crippen LogP contribution in [-0.2, 0) is 6.42 Å². The number of nitrogens with zero attached hydrogens (tertiary/aromatic N) is 3. The summed E-state index contributed by atoms with van der Waals surface area (Å²) in [4.78, 5) is 10.8. The van der Waals surface area contributed by atoms with Crippen molar-refractivity contribution in [2.24, 2.45) is 4.99 Å². The Kier molecular flexibility index (Phi) is 8.44. The molecule has 0 aliphatic heterocycles. The monoisotopic (exact) mass is 377 g/mol. The molecule has 0 amide bonds. The molecule has 0 aliphatic carbocycles. The highest BCUT2D eigenvalue weighted by atomic mass is 35.5. The van der Waals surface area contributed by atoms with E-state index in [2.05, 4.69) is 39.4 Å². The molecule has 26 heavy (non-hydrogen) atoms. The Bertz CT molecular complexity index is 653. The van der Waals surface area contributed by atoms with Gasteiger partial charge in [-0.25, -0.2) is 4.98 Å². The second-order valence-electron chi connectivity index (χ2n) is 5.87. The van der Waals surface area contributed by atoms with Gasteiger partial charge in [0.05, 0.1) is 12.3 Å². The van der Waals surface area contributed by atoms with Crippen LogP contribution in [0.4, 0.5) is 0 Å². The highest BCUT2D eigenvalue weighted by Crippen LogP contribution is 2.20. The summed E-state index contributed by atoms with van der Waals surface area (Å²) in [5.41, 5.74) is 1.13. The van der Waals surface area contributed by atoms with Crippen molar-refractivity contribution in [3.8, 4) is 0 Å². The SMILES string of the molecule is CCN(CC)C(CNC(=NC)NCCc1ccc(Cl)nc1)c1ccco1. The third-order valence-electron chi connectivity index (χ3n) is 4.31. The topological polar surface area (TPSA) is 65.7 Å². The zero-order valence-electron chi connectivity index (χ0n) is 15.7. The number of pyridine rings is 1. The number of nitrogens with one attached hydrogen (secondary N) is 2. The van der Waals surface area contributed by atoms with E-state index in [1.54, 1.807) is 19.5 Å². The van der Waals surface area contributed by atoms with Gasteiger partial charge < -0.3 is 15.1 Å². The zero-order valence-corrected chi connectivity index (χ0v) is 16.5. The van der Waals surface area contributed by atoms with E-state index in [9.17, 15) is 0 Å². The molecule has 2 heterocycles. The molecular formula is C19H28ClN5O. The van der Waals surface area contributed by atoms with Gasteiger partial charge in [0.1, 0.15) is 10.9 Å². The highest BCUT2D eigenvalue weighted by Gasteiger charge is 2.20. The molecule has 0 spiro atoms. The van der Waals surface area contributed by atoms with E-state index in [4.69, 9.17) is 16.0 Å². The normalized spacial score (nSPS) is 13.0. The summed E-state index contributed by atoms with van der Waals surface area (Å²) in [5.74, 6) is 1.74. The number of rotatable bonds is 9. The minimum Gasteiger partial charge on any atom is -0.468 e. The molecule has 2 aromatic rings. The minimum absolute atomic E-state index is 0.166. The van der Waals surface area contributed by atoms with Gasteiger partial charge in [0.2, 0.25) is 0 Å². The van der Waals surface area contributed by atoms with Crippen LogP contribution in [0.25, 0.3) is 0 Å². The lowest BCUT2D eigenvalue weighted by Gasteiger charge is -2.28. The summed E-state index contributed by atoms with van der Waals surface area (Å²) >= 11 is 5.81. The van der Waals surface area contributed by atoms with Crippen LogP contribution < -0.4 is 10.6 Å². The summed E-state index contributed by atoms with van der Waals surface area (Å²) < 4.78 is 5.64. The molecule has 0 saturated heterocycles. The van der Waals surface area contributed by atoms with E-state index in [-0.39, 0.29) is 6.04 Å². The van der Waals surface area contributed by atoms with Crippen molar-refractivity contribution in [3.05, 3.63) is 53.2 Å². The van der Waals surface area contributed by atoms with Gasteiger partial charge >= 0.3 is 0 Å². The standard InChI is InChI=1S/C19H28ClN5O/c1-4-25(5-2)16(17-7-6-12-26-17)14-24-19(21-3)22-11-10-15-8-9-18(20)23-13-15/h6-9,12-13,16H,4-5,10-11,14H2,1-3H3,(H2,21,22,24). The number of furan rings is 1. The third-order valence-corrected chi connectivity index (χ3v) is 4.53. The van der Waals surface area contributed by atoms with Gasteiger partial charge in [-0.05, 0) is 43.3 Å². The molecule has 2 rings (SSSR count). The van der Waals surface area contributed by atoms with Gasteiger partial charge in [0.15, 0.2) is 5.96 Å². The Hall–Kier alpha value is -2.05. The molecule has 0 aromatic carbocycles.